The SMILES string of the molecule is COC(=O)[C@H](Cc1ccc(Oc2cccc(Oc3ccc(OC)cc3)c2)cc1)NC(=O)OCc1ccccc1. The zero-order valence-corrected chi connectivity index (χ0v) is 21.7. The quantitative estimate of drug-likeness (QED) is 0.229. The molecule has 0 heterocycles. The summed E-state index contributed by atoms with van der Waals surface area (Å²) in [5, 5.41) is 2.59. The normalized spacial score (nSPS) is 11.1. The van der Waals surface area contributed by atoms with E-state index in [1.54, 1.807) is 25.3 Å². The first-order valence-electron chi connectivity index (χ1n) is 12.3. The van der Waals surface area contributed by atoms with Gasteiger partial charge in [-0.25, -0.2) is 9.59 Å². The van der Waals surface area contributed by atoms with Gasteiger partial charge in [0.05, 0.1) is 14.2 Å². The molecule has 4 aromatic carbocycles. The van der Waals surface area contributed by atoms with Gasteiger partial charge in [-0.2, -0.15) is 0 Å². The summed E-state index contributed by atoms with van der Waals surface area (Å²) in [6, 6.07) is 30.2. The van der Waals surface area contributed by atoms with Gasteiger partial charge in [-0.1, -0.05) is 48.5 Å². The second-order valence-corrected chi connectivity index (χ2v) is 8.48. The van der Waals surface area contributed by atoms with E-state index in [9.17, 15) is 9.59 Å². The highest BCUT2D eigenvalue weighted by molar-refractivity contribution is 5.81. The van der Waals surface area contributed by atoms with Crippen LogP contribution in [0, 0.1) is 0 Å². The maximum Gasteiger partial charge on any atom is 0.408 e. The minimum Gasteiger partial charge on any atom is -0.497 e. The van der Waals surface area contributed by atoms with Crippen LogP contribution in [0.1, 0.15) is 11.1 Å². The zero-order valence-electron chi connectivity index (χ0n) is 21.7. The molecule has 0 saturated carbocycles. The molecule has 0 aliphatic rings. The highest BCUT2D eigenvalue weighted by Gasteiger charge is 2.23. The highest BCUT2D eigenvalue weighted by Crippen LogP contribution is 2.29. The lowest BCUT2D eigenvalue weighted by Crippen LogP contribution is -2.43. The molecule has 8 nitrogen and oxygen atoms in total. The van der Waals surface area contributed by atoms with Crippen LogP contribution in [0.15, 0.2) is 103 Å². The Bertz CT molecular complexity index is 1360. The van der Waals surface area contributed by atoms with Crippen molar-refractivity contribution >= 4 is 12.1 Å². The van der Waals surface area contributed by atoms with Crippen LogP contribution >= 0.6 is 0 Å². The van der Waals surface area contributed by atoms with Gasteiger partial charge >= 0.3 is 12.1 Å². The lowest BCUT2D eigenvalue weighted by Gasteiger charge is -2.17. The maximum atomic E-state index is 12.3. The van der Waals surface area contributed by atoms with Crippen LogP contribution in [0.2, 0.25) is 0 Å². The van der Waals surface area contributed by atoms with Crippen molar-refractivity contribution in [3.63, 3.8) is 0 Å². The number of esters is 1. The van der Waals surface area contributed by atoms with E-state index in [2.05, 4.69) is 5.32 Å². The maximum absolute atomic E-state index is 12.3. The van der Waals surface area contributed by atoms with Gasteiger partial charge in [0, 0.05) is 12.5 Å². The topological polar surface area (TPSA) is 92.3 Å². The van der Waals surface area contributed by atoms with Crippen molar-refractivity contribution in [1.29, 1.82) is 0 Å². The third kappa shape index (κ3) is 8.26. The summed E-state index contributed by atoms with van der Waals surface area (Å²) in [7, 11) is 2.89. The van der Waals surface area contributed by atoms with Gasteiger partial charge < -0.3 is 29.0 Å². The van der Waals surface area contributed by atoms with Crippen LogP contribution in [0.4, 0.5) is 4.79 Å². The number of alkyl carbamates (subject to hydrolysis) is 1. The summed E-state index contributed by atoms with van der Waals surface area (Å²) in [5.74, 6) is 2.69. The Morgan fingerprint density at radius 3 is 1.85 bits per heavy atom. The van der Waals surface area contributed by atoms with E-state index < -0.39 is 18.1 Å². The minimum absolute atomic E-state index is 0.0962. The molecule has 0 unspecified atom stereocenters. The number of carbonyl (C=O) groups excluding carboxylic acids is 2. The standard InChI is InChI=1S/C31H29NO7/c1-35-24-15-17-26(18-16-24)39-28-10-6-9-27(20-28)38-25-13-11-22(12-14-25)19-29(30(33)36-2)32-31(34)37-21-23-7-4-3-5-8-23/h3-18,20,29H,19,21H2,1-2H3,(H,32,34)/t29-/m0/s1. The van der Waals surface area contributed by atoms with Crippen LogP contribution in [-0.4, -0.2) is 32.3 Å². The van der Waals surface area contributed by atoms with Crippen LogP contribution in [0.5, 0.6) is 28.7 Å². The number of hydrogen-bond acceptors (Lipinski definition) is 7. The molecule has 200 valence electrons. The number of nitrogens with one attached hydrogen (secondary N) is 1. The first-order chi connectivity index (χ1) is 19.0. The lowest BCUT2D eigenvalue weighted by atomic mass is 10.1. The molecule has 4 rings (SSSR count). The molecule has 4 aromatic rings. The molecule has 0 aromatic heterocycles. The molecule has 0 fully saturated rings. The number of rotatable bonds is 11. The Hall–Kier alpha value is -4.98. The van der Waals surface area contributed by atoms with Gasteiger partial charge in [-0.15, -0.1) is 0 Å². The Morgan fingerprint density at radius 1 is 0.667 bits per heavy atom. The van der Waals surface area contributed by atoms with E-state index in [0.29, 0.717) is 23.0 Å². The summed E-state index contributed by atoms with van der Waals surface area (Å²) < 4.78 is 27.2. The van der Waals surface area contributed by atoms with Crippen molar-refractivity contribution in [2.24, 2.45) is 0 Å². The predicted octanol–water partition coefficient (Wildman–Crippen LogP) is 6.29. The molecular formula is C31H29NO7. The molecule has 1 amide bonds. The molecule has 1 N–H and O–H groups in total. The Kier molecular flexibility index (Phi) is 9.39. The first-order valence-corrected chi connectivity index (χ1v) is 12.3. The first kappa shape index (κ1) is 27.1. The number of hydrogen-bond donors (Lipinski definition) is 1. The molecule has 0 aliphatic carbocycles. The molecule has 1 atom stereocenters. The van der Waals surface area contributed by atoms with Crippen molar-refractivity contribution in [3.05, 3.63) is 114 Å². The Labute approximate surface area is 227 Å². The largest absolute Gasteiger partial charge is 0.497 e. The molecule has 0 saturated heterocycles. The van der Waals surface area contributed by atoms with Crippen LogP contribution in [0.25, 0.3) is 0 Å². The summed E-state index contributed by atoms with van der Waals surface area (Å²) in [5.41, 5.74) is 1.65. The van der Waals surface area contributed by atoms with Gasteiger partial charge in [0.15, 0.2) is 0 Å². The zero-order chi connectivity index (χ0) is 27.5. The number of benzene rings is 4. The average Bonchev–Trinajstić information content (AvgIpc) is 2.97. The molecule has 0 radical (unpaired) electrons. The third-order valence-corrected chi connectivity index (χ3v) is 5.69. The van der Waals surface area contributed by atoms with E-state index >= 15 is 0 Å². The Balaban J connectivity index is 1.33. The summed E-state index contributed by atoms with van der Waals surface area (Å²) >= 11 is 0. The summed E-state index contributed by atoms with van der Waals surface area (Å²) in [4.78, 5) is 24.6. The van der Waals surface area contributed by atoms with Gasteiger partial charge in [-0.3, -0.25) is 0 Å². The molecule has 0 spiro atoms. The van der Waals surface area contributed by atoms with Gasteiger partial charge in [0.1, 0.15) is 41.4 Å². The summed E-state index contributed by atoms with van der Waals surface area (Å²) in [6.07, 6.45) is -0.482. The van der Waals surface area contributed by atoms with Crippen LogP contribution < -0.4 is 19.5 Å². The monoisotopic (exact) mass is 527 g/mol. The third-order valence-electron chi connectivity index (χ3n) is 5.69. The number of methoxy groups -OCH3 is 2. The predicted molar refractivity (Wildman–Crippen MR) is 145 cm³/mol. The fourth-order valence-electron chi connectivity index (χ4n) is 3.69. The smallest absolute Gasteiger partial charge is 0.408 e. The van der Waals surface area contributed by atoms with E-state index in [-0.39, 0.29) is 13.0 Å². The molecule has 0 bridgehead atoms. The molecule has 0 aliphatic heterocycles. The second kappa shape index (κ2) is 13.5. The van der Waals surface area contributed by atoms with E-state index in [1.807, 2.05) is 84.9 Å². The van der Waals surface area contributed by atoms with E-state index in [0.717, 1.165) is 16.9 Å². The number of amides is 1. The van der Waals surface area contributed by atoms with E-state index in [4.69, 9.17) is 23.7 Å². The highest BCUT2D eigenvalue weighted by atomic mass is 16.6. The van der Waals surface area contributed by atoms with Crippen LogP contribution in [-0.2, 0) is 27.3 Å². The second-order valence-electron chi connectivity index (χ2n) is 8.48. The van der Waals surface area contributed by atoms with E-state index in [1.165, 1.54) is 7.11 Å². The van der Waals surface area contributed by atoms with Crippen molar-refractivity contribution in [3.8, 4) is 28.7 Å². The van der Waals surface area contributed by atoms with Gasteiger partial charge in [0.2, 0.25) is 0 Å². The molecular weight excluding hydrogens is 498 g/mol. The lowest BCUT2D eigenvalue weighted by molar-refractivity contribution is -0.143. The van der Waals surface area contributed by atoms with Crippen molar-refractivity contribution in [1.82, 2.24) is 5.32 Å². The van der Waals surface area contributed by atoms with Crippen molar-refractivity contribution in [2.45, 2.75) is 19.1 Å². The Morgan fingerprint density at radius 2 is 1.26 bits per heavy atom. The number of carbonyl (C=O) groups is 2. The molecule has 39 heavy (non-hydrogen) atoms. The minimum atomic E-state index is -0.906. The van der Waals surface area contributed by atoms with Gasteiger partial charge in [-0.05, 0) is 59.7 Å². The van der Waals surface area contributed by atoms with Crippen LogP contribution in [0.3, 0.4) is 0 Å². The summed E-state index contributed by atoms with van der Waals surface area (Å²) in [6.45, 7) is 0.0962. The average molecular weight is 528 g/mol. The van der Waals surface area contributed by atoms with Gasteiger partial charge in [0.25, 0.3) is 0 Å². The van der Waals surface area contributed by atoms with Crippen molar-refractivity contribution < 1.29 is 33.3 Å². The fraction of sp³-hybridized carbons (Fsp3) is 0.161. The van der Waals surface area contributed by atoms with Crippen molar-refractivity contribution in [2.75, 3.05) is 14.2 Å². The number of ether oxygens (including phenoxy) is 5. The fourth-order valence-corrected chi connectivity index (χ4v) is 3.69. The molecule has 8 heteroatoms.